The van der Waals surface area contributed by atoms with Crippen LogP contribution in [0.4, 0.5) is 0 Å². The van der Waals surface area contributed by atoms with Crippen LogP contribution in [0.2, 0.25) is 0 Å². The summed E-state index contributed by atoms with van der Waals surface area (Å²) in [6, 6.07) is 26.0. The fourth-order valence-electron chi connectivity index (χ4n) is 6.54. The fourth-order valence-corrected chi connectivity index (χ4v) is 6.54. The van der Waals surface area contributed by atoms with Crippen LogP contribution < -0.4 is 20.7 Å². The van der Waals surface area contributed by atoms with Gasteiger partial charge in [0.1, 0.15) is 17.3 Å². The monoisotopic (exact) mass is 656 g/mol. The number of benzene rings is 3. The molecule has 9 heteroatoms. The number of nitrogens with one attached hydrogen (secondary N) is 3. The van der Waals surface area contributed by atoms with Gasteiger partial charge in [-0.25, -0.2) is 0 Å². The molecular weight excluding hydrogens is 604 g/mol. The van der Waals surface area contributed by atoms with Gasteiger partial charge in [0.15, 0.2) is 0 Å². The molecule has 1 aliphatic rings. The average Bonchev–Trinajstić information content (AvgIpc) is 3.44. The van der Waals surface area contributed by atoms with Gasteiger partial charge in [-0.05, 0) is 60.4 Å². The van der Waals surface area contributed by atoms with Gasteiger partial charge in [-0.1, -0.05) is 100.0 Å². The molecule has 0 aromatic heterocycles. The van der Waals surface area contributed by atoms with Crippen molar-refractivity contribution in [2.75, 3.05) is 20.2 Å². The quantitative estimate of drug-likeness (QED) is 0.161. The number of ether oxygens (including phenoxy) is 1. The Kier molecular flexibility index (Phi) is 13.6. The van der Waals surface area contributed by atoms with Gasteiger partial charge < -0.3 is 30.7 Å². The topological polar surface area (TPSA) is 120 Å². The summed E-state index contributed by atoms with van der Waals surface area (Å²) in [5.41, 5.74) is 2.00. The smallest absolute Gasteiger partial charge is 0.249 e. The molecule has 1 fully saturated rings. The molecule has 9 nitrogen and oxygen atoms in total. The fraction of sp³-hybridized carbons (Fsp3) is 0.462. The summed E-state index contributed by atoms with van der Waals surface area (Å²) in [6.45, 7) is 6.89. The number of carbonyl (C=O) groups excluding carboxylic acids is 3. The van der Waals surface area contributed by atoms with Crippen molar-refractivity contribution in [1.82, 2.24) is 20.9 Å². The Bertz CT molecular complexity index is 1470. The number of aliphatic hydroxyl groups is 1. The maximum atomic E-state index is 14.4. The van der Waals surface area contributed by atoms with Crippen LogP contribution in [-0.2, 0) is 33.8 Å². The third kappa shape index (κ3) is 9.45. The zero-order valence-corrected chi connectivity index (χ0v) is 28.8. The molecule has 0 saturated carbocycles. The average molecular weight is 657 g/mol. The van der Waals surface area contributed by atoms with Crippen LogP contribution in [0, 0.1) is 5.92 Å². The molecule has 0 bridgehead atoms. The Labute approximate surface area is 285 Å². The molecular formula is C39H52N4O5. The minimum atomic E-state index is -1.06. The number of methoxy groups -OCH3 is 1. The highest BCUT2D eigenvalue weighted by Crippen LogP contribution is 2.34. The predicted molar refractivity (Wildman–Crippen MR) is 188 cm³/mol. The summed E-state index contributed by atoms with van der Waals surface area (Å²) in [7, 11) is 1.63. The first-order valence-corrected chi connectivity index (χ1v) is 17.2. The van der Waals surface area contributed by atoms with Crippen molar-refractivity contribution in [2.45, 2.75) is 89.6 Å². The summed E-state index contributed by atoms with van der Waals surface area (Å²) in [4.78, 5) is 43.0. The van der Waals surface area contributed by atoms with Crippen molar-refractivity contribution in [3.05, 3.63) is 102 Å². The van der Waals surface area contributed by atoms with Gasteiger partial charge in [0, 0.05) is 26.1 Å². The van der Waals surface area contributed by atoms with Crippen LogP contribution in [0.3, 0.4) is 0 Å². The highest BCUT2D eigenvalue weighted by molar-refractivity contribution is 5.97. The lowest BCUT2D eigenvalue weighted by Crippen LogP contribution is -2.61. The number of carbonyl (C=O) groups is 3. The highest BCUT2D eigenvalue weighted by atomic mass is 16.5. The minimum Gasteiger partial charge on any atom is -0.497 e. The third-order valence-electron chi connectivity index (χ3n) is 9.66. The Morgan fingerprint density at radius 1 is 0.958 bits per heavy atom. The molecule has 0 spiro atoms. The molecule has 3 aromatic rings. The van der Waals surface area contributed by atoms with E-state index in [4.69, 9.17) is 4.74 Å². The van der Waals surface area contributed by atoms with E-state index < -0.39 is 23.7 Å². The normalized spacial score (nSPS) is 18.5. The molecule has 4 rings (SSSR count). The van der Waals surface area contributed by atoms with E-state index in [-0.39, 0.29) is 36.6 Å². The van der Waals surface area contributed by atoms with Gasteiger partial charge in [-0.2, -0.15) is 0 Å². The lowest BCUT2D eigenvalue weighted by Gasteiger charge is -2.36. The van der Waals surface area contributed by atoms with Crippen molar-refractivity contribution in [3.8, 4) is 5.75 Å². The molecule has 0 aliphatic carbocycles. The molecule has 48 heavy (non-hydrogen) atoms. The highest BCUT2D eigenvalue weighted by Gasteiger charge is 2.53. The summed E-state index contributed by atoms with van der Waals surface area (Å²) < 4.78 is 5.33. The number of likely N-dealkylation sites (tertiary alicyclic amines) is 1. The first-order valence-electron chi connectivity index (χ1n) is 17.2. The molecule has 1 heterocycles. The first-order chi connectivity index (χ1) is 23.2. The predicted octanol–water partition coefficient (Wildman–Crippen LogP) is 4.42. The second-order valence-corrected chi connectivity index (χ2v) is 12.8. The van der Waals surface area contributed by atoms with Crippen molar-refractivity contribution >= 4 is 17.7 Å². The van der Waals surface area contributed by atoms with Crippen LogP contribution >= 0.6 is 0 Å². The second kappa shape index (κ2) is 17.8. The van der Waals surface area contributed by atoms with Crippen molar-refractivity contribution in [1.29, 1.82) is 0 Å². The van der Waals surface area contributed by atoms with Crippen LogP contribution in [0.25, 0.3) is 0 Å². The number of hydrogen-bond donors (Lipinski definition) is 4. The Balaban J connectivity index is 1.57. The number of aliphatic hydroxyl groups excluding tert-OH is 1. The van der Waals surface area contributed by atoms with Gasteiger partial charge in [-0.15, -0.1) is 0 Å². The molecule has 1 saturated heterocycles. The van der Waals surface area contributed by atoms with E-state index in [2.05, 4.69) is 16.0 Å². The van der Waals surface area contributed by atoms with E-state index >= 15 is 0 Å². The van der Waals surface area contributed by atoms with Gasteiger partial charge in [0.05, 0.1) is 19.3 Å². The summed E-state index contributed by atoms with van der Waals surface area (Å²) in [5, 5.41) is 21.0. The molecule has 1 aliphatic heterocycles. The minimum absolute atomic E-state index is 0.105. The van der Waals surface area contributed by atoms with E-state index in [0.29, 0.717) is 45.2 Å². The lowest BCUT2D eigenvalue weighted by atomic mass is 9.81. The van der Waals surface area contributed by atoms with Crippen LogP contribution in [-0.4, -0.2) is 71.7 Å². The molecule has 3 amide bonds. The molecule has 3 aromatic carbocycles. The number of hydrogen-bond acceptors (Lipinski definition) is 6. The van der Waals surface area contributed by atoms with Crippen LogP contribution in [0.1, 0.15) is 63.1 Å². The maximum Gasteiger partial charge on any atom is 0.249 e. The van der Waals surface area contributed by atoms with Crippen LogP contribution in [0.5, 0.6) is 5.75 Å². The number of aryl methyl sites for hydroxylation is 1. The van der Waals surface area contributed by atoms with Crippen LogP contribution in [0.15, 0.2) is 84.9 Å². The Hall–Kier alpha value is -4.21. The summed E-state index contributed by atoms with van der Waals surface area (Å²) >= 11 is 0. The molecule has 4 N–H and O–H groups in total. The van der Waals surface area contributed by atoms with Crippen molar-refractivity contribution < 1.29 is 24.2 Å². The number of rotatable bonds is 18. The molecule has 258 valence electrons. The zero-order chi connectivity index (χ0) is 34.5. The van der Waals surface area contributed by atoms with Crippen molar-refractivity contribution in [2.24, 2.45) is 5.92 Å². The van der Waals surface area contributed by atoms with E-state index in [1.807, 2.05) is 98.8 Å². The largest absolute Gasteiger partial charge is 0.497 e. The Morgan fingerprint density at radius 3 is 2.27 bits per heavy atom. The van der Waals surface area contributed by atoms with Gasteiger partial charge in [0.2, 0.25) is 17.7 Å². The van der Waals surface area contributed by atoms with E-state index in [1.54, 1.807) is 18.9 Å². The van der Waals surface area contributed by atoms with Gasteiger partial charge in [0.25, 0.3) is 0 Å². The summed E-state index contributed by atoms with van der Waals surface area (Å²) in [6.07, 6.45) is 1.92. The molecule has 5 atom stereocenters. The SMILES string of the molecule is CCC(=O)N[C@]1([C@@H](C)CC)CCN([C@@H](CCc2ccccc2)C(=O)N[C@@H](Cc2ccccc2)[C@H](O)CNCc2cccc(OC)c2)C1=O. The molecule has 0 unspecified atom stereocenters. The summed E-state index contributed by atoms with van der Waals surface area (Å²) in [5.74, 6) is -0.0515. The maximum absolute atomic E-state index is 14.4. The third-order valence-corrected chi connectivity index (χ3v) is 9.66. The van der Waals surface area contributed by atoms with E-state index in [9.17, 15) is 19.5 Å². The van der Waals surface area contributed by atoms with Gasteiger partial charge >= 0.3 is 0 Å². The zero-order valence-electron chi connectivity index (χ0n) is 28.8. The standard InChI is InChI=1S/C39H52N4O5/c1-5-28(3)39(42-36(45)6-2)22-23-43(38(39)47)34(21-20-29-14-9-7-10-15-29)37(46)41-33(25-30-16-11-8-12-17-30)35(44)27-40-26-31-18-13-19-32(24-31)48-4/h7-19,24,28,33-35,40,44H,5-6,20-23,25-27H2,1-4H3,(H,41,46)(H,42,45)/t28-,33-,34-,35+,39-/m0/s1. The van der Waals surface area contributed by atoms with Gasteiger partial charge in [-0.3, -0.25) is 14.4 Å². The first kappa shape index (κ1) is 36.6. The van der Waals surface area contributed by atoms with Crippen molar-refractivity contribution in [3.63, 3.8) is 0 Å². The van der Waals surface area contributed by atoms with E-state index in [0.717, 1.165) is 22.4 Å². The molecule has 0 radical (unpaired) electrons. The van der Waals surface area contributed by atoms with E-state index in [1.165, 1.54) is 0 Å². The second-order valence-electron chi connectivity index (χ2n) is 12.8. The number of amides is 3. The number of nitrogens with zero attached hydrogens (tertiary/aromatic N) is 1. The lowest BCUT2D eigenvalue weighted by molar-refractivity contribution is -0.144. The Morgan fingerprint density at radius 2 is 1.62 bits per heavy atom.